The Kier molecular flexibility index (Phi) is 5.43. The van der Waals surface area contributed by atoms with Gasteiger partial charge in [-0.2, -0.15) is 0 Å². The molecule has 2 heterocycles. The third kappa shape index (κ3) is 4.31. The molecule has 1 aliphatic rings. The first kappa shape index (κ1) is 18.6. The Labute approximate surface area is 157 Å². The van der Waals surface area contributed by atoms with Crippen molar-refractivity contribution in [3.05, 3.63) is 47.4 Å². The molecule has 1 N–H and O–H groups in total. The van der Waals surface area contributed by atoms with Gasteiger partial charge in [0.05, 0.1) is 11.5 Å². The van der Waals surface area contributed by atoms with Crippen LogP contribution in [0.4, 0.5) is 11.5 Å². The Morgan fingerprint density at radius 3 is 2.81 bits per heavy atom. The van der Waals surface area contributed by atoms with Gasteiger partial charge >= 0.3 is 0 Å². The Morgan fingerprint density at radius 2 is 2.15 bits per heavy atom. The number of carbonyl (C=O) groups is 1. The summed E-state index contributed by atoms with van der Waals surface area (Å²) < 4.78 is 23.4. The number of rotatable bonds is 5. The van der Waals surface area contributed by atoms with E-state index < -0.39 is 9.84 Å². The van der Waals surface area contributed by atoms with Crippen LogP contribution in [0.25, 0.3) is 0 Å². The molecule has 0 saturated carbocycles. The number of benzene rings is 1. The predicted molar refractivity (Wildman–Crippen MR) is 101 cm³/mol. The molecule has 1 aromatic heterocycles. The Balaban J connectivity index is 1.79. The van der Waals surface area contributed by atoms with Crippen molar-refractivity contribution in [2.45, 2.75) is 19.4 Å². The molecule has 26 heavy (non-hydrogen) atoms. The van der Waals surface area contributed by atoms with Crippen LogP contribution in [0.2, 0.25) is 5.02 Å². The molecule has 1 fully saturated rings. The SMILES string of the molecule is CCN(C(=O)c1cc(Nc2cccc(Cl)c2)ncn1)C1CCS(=O)(=O)C1. The predicted octanol–water partition coefficient (Wildman–Crippen LogP) is 2.52. The molecular formula is C17H19ClN4O3S. The van der Waals surface area contributed by atoms with Crippen molar-refractivity contribution in [1.82, 2.24) is 14.9 Å². The summed E-state index contributed by atoms with van der Waals surface area (Å²) in [5.41, 5.74) is 0.958. The third-order valence-electron chi connectivity index (χ3n) is 4.23. The third-order valence-corrected chi connectivity index (χ3v) is 6.22. The van der Waals surface area contributed by atoms with Gasteiger partial charge in [0.15, 0.2) is 9.84 Å². The van der Waals surface area contributed by atoms with E-state index in [2.05, 4.69) is 15.3 Å². The number of nitrogens with zero attached hydrogens (tertiary/aromatic N) is 3. The van der Waals surface area contributed by atoms with Crippen LogP contribution in [0.15, 0.2) is 36.7 Å². The monoisotopic (exact) mass is 394 g/mol. The number of sulfone groups is 1. The van der Waals surface area contributed by atoms with E-state index in [1.54, 1.807) is 29.2 Å². The number of hydrogen-bond donors (Lipinski definition) is 1. The topological polar surface area (TPSA) is 92.3 Å². The van der Waals surface area contributed by atoms with E-state index in [1.807, 2.05) is 13.0 Å². The number of nitrogens with one attached hydrogen (secondary N) is 1. The summed E-state index contributed by atoms with van der Waals surface area (Å²) in [7, 11) is -3.07. The molecule has 2 aromatic rings. The number of carbonyl (C=O) groups excluding carboxylic acids is 1. The zero-order chi connectivity index (χ0) is 18.7. The number of halogens is 1. The summed E-state index contributed by atoms with van der Waals surface area (Å²) in [5.74, 6) is 0.282. The number of anilines is 2. The van der Waals surface area contributed by atoms with Gasteiger partial charge in [0.2, 0.25) is 0 Å². The van der Waals surface area contributed by atoms with Gasteiger partial charge in [-0.1, -0.05) is 17.7 Å². The first-order valence-electron chi connectivity index (χ1n) is 8.24. The molecule has 1 aliphatic heterocycles. The molecule has 1 saturated heterocycles. The van der Waals surface area contributed by atoms with Crippen LogP contribution in [0.5, 0.6) is 0 Å². The largest absolute Gasteiger partial charge is 0.340 e. The van der Waals surface area contributed by atoms with E-state index in [0.717, 1.165) is 5.69 Å². The maximum absolute atomic E-state index is 12.8. The van der Waals surface area contributed by atoms with Crippen molar-refractivity contribution in [3.63, 3.8) is 0 Å². The molecule has 7 nitrogen and oxygen atoms in total. The molecule has 1 atom stereocenters. The van der Waals surface area contributed by atoms with Gasteiger partial charge in [0.25, 0.3) is 5.91 Å². The minimum Gasteiger partial charge on any atom is -0.340 e. The van der Waals surface area contributed by atoms with Crippen molar-refractivity contribution < 1.29 is 13.2 Å². The first-order valence-corrected chi connectivity index (χ1v) is 10.4. The van der Waals surface area contributed by atoms with E-state index >= 15 is 0 Å². The molecule has 1 aromatic carbocycles. The lowest BCUT2D eigenvalue weighted by Gasteiger charge is -2.26. The Morgan fingerprint density at radius 1 is 1.35 bits per heavy atom. The van der Waals surface area contributed by atoms with Gasteiger partial charge in [-0.15, -0.1) is 0 Å². The molecule has 9 heteroatoms. The van der Waals surface area contributed by atoms with Crippen LogP contribution in [-0.4, -0.2) is 53.3 Å². The minimum atomic E-state index is -3.07. The highest BCUT2D eigenvalue weighted by molar-refractivity contribution is 7.91. The maximum Gasteiger partial charge on any atom is 0.272 e. The Bertz CT molecular complexity index is 920. The van der Waals surface area contributed by atoms with E-state index in [1.165, 1.54) is 6.33 Å². The summed E-state index contributed by atoms with van der Waals surface area (Å²) >= 11 is 5.97. The van der Waals surface area contributed by atoms with Gasteiger partial charge < -0.3 is 10.2 Å². The summed E-state index contributed by atoms with van der Waals surface area (Å²) in [4.78, 5) is 22.6. The van der Waals surface area contributed by atoms with Gasteiger partial charge in [0, 0.05) is 29.4 Å². The van der Waals surface area contributed by atoms with E-state index in [9.17, 15) is 13.2 Å². The standard InChI is InChI=1S/C17H19ClN4O3S/c1-2-22(14-6-7-26(24,25)10-14)17(23)15-9-16(20-11-19-15)21-13-5-3-4-12(18)8-13/h3-5,8-9,11,14H,2,6-7,10H2,1H3,(H,19,20,21). The van der Waals surface area contributed by atoms with Crippen molar-refractivity contribution in [1.29, 1.82) is 0 Å². The molecular weight excluding hydrogens is 376 g/mol. The van der Waals surface area contributed by atoms with Crippen LogP contribution in [0.1, 0.15) is 23.8 Å². The van der Waals surface area contributed by atoms with Crippen LogP contribution in [-0.2, 0) is 9.84 Å². The Hall–Kier alpha value is -2.19. The fourth-order valence-corrected chi connectivity index (χ4v) is 4.91. The van der Waals surface area contributed by atoms with Crippen molar-refractivity contribution in [3.8, 4) is 0 Å². The van der Waals surface area contributed by atoms with E-state index in [-0.39, 0.29) is 29.1 Å². The van der Waals surface area contributed by atoms with Gasteiger partial charge in [-0.05, 0) is 31.5 Å². The fraction of sp³-hybridized carbons (Fsp3) is 0.353. The number of aromatic nitrogens is 2. The lowest BCUT2D eigenvalue weighted by Crippen LogP contribution is -2.41. The average Bonchev–Trinajstić information content (AvgIpc) is 2.95. The highest BCUT2D eigenvalue weighted by atomic mass is 35.5. The van der Waals surface area contributed by atoms with Crippen LogP contribution < -0.4 is 5.32 Å². The van der Waals surface area contributed by atoms with Crippen molar-refractivity contribution in [2.24, 2.45) is 0 Å². The summed E-state index contributed by atoms with van der Waals surface area (Å²) in [6.07, 6.45) is 1.76. The molecule has 0 bridgehead atoms. The van der Waals surface area contributed by atoms with Crippen LogP contribution in [0, 0.1) is 0 Å². The lowest BCUT2D eigenvalue weighted by atomic mass is 10.2. The zero-order valence-electron chi connectivity index (χ0n) is 14.2. The molecule has 138 valence electrons. The lowest BCUT2D eigenvalue weighted by molar-refractivity contribution is 0.0702. The summed E-state index contributed by atoms with van der Waals surface area (Å²) in [6.45, 7) is 2.25. The van der Waals surface area contributed by atoms with E-state index in [4.69, 9.17) is 11.6 Å². The fourth-order valence-electron chi connectivity index (χ4n) is 2.99. The highest BCUT2D eigenvalue weighted by Gasteiger charge is 2.34. The van der Waals surface area contributed by atoms with Gasteiger partial charge in [-0.25, -0.2) is 18.4 Å². The van der Waals surface area contributed by atoms with E-state index in [0.29, 0.717) is 23.8 Å². The average molecular weight is 395 g/mol. The van der Waals surface area contributed by atoms with Crippen LogP contribution >= 0.6 is 11.6 Å². The second-order valence-corrected chi connectivity index (χ2v) is 8.74. The molecule has 0 aliphatic carbocycles. The molecule has 0 spiro atoms. The maximum atomic E-state index is 12.8. The molecule has 3 rings (SSSR count). The smallest absolute Gasteiger partial charge is 0.272 e. The van der Waals surface area contributed by atoms with Crippen molar-refractivity contribution >= 4 is 38.9 Å². The van der Waals surface area contributed by atoms with Gasteiger partial charge in [0.1, 0.15) is 17.8 Å². The van der Waals surface area contributed by atoms with Crippen LogP contribution in [0.3, 0.4) is 0 Å². The summed E-state index contributed by atoms with van der Waals surface area (Å²) in [6, 6.07) is 8.38. The second-order valence-electron chi connectivity index (χ2n) is 6.07. The minimum absolute atomic E-state index is 0.00524. The zero-order valence-corrected chi connectivity index (χ0v) is 15.8. The highest BCUT2D eigenvalue weighted by Crippen LogP contribution is 2.21. The second kappa shape index (κ2) is 7.59. The molecule has 0 radical (unpaired) electrons. The number of hydrogen-bond acceptors (Lipinski definition) is 6. The summed E-state index contributed by atoms with van der Waals surface area (Å²) in [5, 5.41) is 3.66. The number of amides is 1. The van der Waals surface area contributed by atoms with Crippen molar-refractivity contribution in [2.75, 3.05) is 23.4 Å². The van der Waals surface area contributed by atoms with Gasteiger partial charge in [-0.3, -0.25) is 4.79 Å². The quantitative estimate of drug-likeness (QED) is 0.837. The normalized spacial score (nSPS) is 18.5. The molecule has 1 amide bonds. The molecule has 1 unspecified atom stereocenters. The first-order chi connectivity index (χ1) is 12.4.